The summed E-state index contributed by atoms with van der Waals surface area (Å²) < 4.78 is 39.2. The van der Waals surface area contributed by atoms with Gasteiger partial charge in [-0.25, -0.2) is 0 Å². The fourth-order valence-corrected chi connectivity index (χ4v) is 1.98. The Labute approximate surface area is 108 Å². The number of nitrogens with zero attached hydrogens (tertiary/aromatic N) is 2. The van der Waals surface area contributed by atoms with Crippen molar-refractivity contribution in [2.24, 2.45) is 11.7 Å². The number of likely N-dealkylation sites (N-methyl/N-ethyl adjacent to an activating group) is 1. The van der Waals surface area contributed by atoms with Crippen molar-refractivity contribution in [3.8, 4) is 0 Å². The number of nitrogens with two attached hydrogens (primary N) is 1. The van der Waals surface area contributed by atoms with E-state index in [4.69, 9.17) is 5.73 Å². The molecule has 6 heteroatoms. The molecule has 0 saturated heterocycles. The van der Waals surface area contributed by atoms with Gasteiger partial charge in [0, 0.05) is 25.7 Å². The van der Waals surface area contributed by atoms with E-state index in [0.29, 0.717) is 19.6 Å². The first kappa shape index (κ1) is 17.7. The summed E-state index contributed by atoms with van der Waals surface area (Å²) in [7, 11) is 3.70. The van der Waals surface area contributed by atoms with E-state index in [2.05, 4.69) is 0 Å². The van der Waals surface area contributed by atoms with Gasteiger partial charge in [-0.3, -0.25) is 4.90 Å². The standard InChI is InChI=1S/C12H26F3N3/c1-9(2)8-18(7-6-17(4)5)11(10(3)16)12(13,14)15/h9-11H,6-8,16H2,1-5H3. The van der Waals surface area contributed by atoms with Crippen LogP contribution in [0.4, 0.5) is 13.2 Å². The molecular formula is C12H26F3N3. The molecule has 0 spiro atoms. The second-order valence-corrected chi connectivity index (χ2v) is 5.54. The van der Waals surface area contributed by atoms with E-state index in [-0.39, 0.29) is 5.92 Å². The van der Waals surface area contributed by atoms with E-state index in [1.165, 1.54) is 11.8 Å². The van der Waals surface area contributed by atoms with Crippen molar-refractivity contribution < 1.29 is 13.2 Å². The van der Waals surface area contributed by atoms with Crippen LogP contribution in [-0.4, -0.2) is 61.8 Å². The summed E-state index contributed by atoms with van der Waals surface area (Å²) in [5, 5.41) is 0. The molecule has 0 bridgehead atoms. The average Bonchev–Trinajstić information content (AvgIpc) is 2.09. The number of alkyl halides is 3. The van der Waals surface area contributed by atoms with Crippen LogP contribution >= 0.6 is 0 Å². The number of hydrogen-bond acceptors (Lipinski definition) is 3. The lowest BCUT2D eigenvalue weighted by Gasteiger charge is -2.37. The predicted octanol–water partition coefficient (Wildman–Crippen LogP) is 1.78. The molecule has 2 atom stereocenters. The van der Waals surface area contributed by atoms with Crippen molar-refractivity contribution in [2.45, 2.75) is 39.0 Å². The topological polar surface area (TPSA) is 32.5 Å². The smallest absolute Gasteiger partial charge is 0.326 e. The Bertz CT molecular complexity index is 227. The molecule has 0 amide bonds. The molecule has 0 aliphatic heterocycles. The third-order valence-corrected chi connectivity index (χ3v) is 2.66. The molecule has 0 fully saturated rings. The van der Waals surface area contributed by atoms with Crippen molar-refractivity contribution in [3.05, 3.63) is 0 Å². The van der Waals surface area contributed by atoms with Crippen LogP contribution in [0.2, 0.25) is 0 Å². The SMILES string of the molecule is CC(C)CN(CCN(C)C)C(C(C)N)C(F)(F)F. The Morgan fingerprint density at radius 1 is 1.06 bits per heavy atom. The lowest BCUT2D eigenvalue weighted by atomic mass is 10.1. The number of hydrogen-bond donors (Lipinski definition) is 1. The van der Waals surface area contributed by atoms with Crippen LogP contribution in [0.5, 0.6) is 0 Å². The van der Waals surface area contributed by atoms with Gasteiger partial charge in [0.05, 0.1) is 0 Å². The zero-order chi connectivity index (χ0) is 14.5. The second-order valence-electron chi connectivity index (χ2n) is 5.54. The van der Waals surface area contributed by atoms with Gasteiger partial charge in [0.15, 0.2) is 0 Å². The van der Waals surface area contributed by atoms with Crippen LogP contribution in [0.3, 0.4) is 0 Å². The molecular weight excluding hydrogens is 243 g/mol. The van der Waals surface area contributed by atoms with Crippen molar-refractivity contribution in [2.75, 3.05) is 33.7 Å². The van der Waals surface area contributed by atoms with E-state index in [0.717, 1.165) is 0 Å². The van der Waals surface area contributed by atoms with Gasteiger partial charge in [0.25, 0.3) is 0 Å². The minimum atomic E-state index is -4.28. The van der Waals surface area contributed by atoms with E-state index in [1.54, 1.807) is 0 Å². The molecule has 2 unspecified atom stereocenters. The highest BCUT2D eigenvalue weighted by Gasteiger charge is 2.45. The molecule has 0 aromatic heterocycles. The Morgan fingerprint density at radius 3 is 1.83 bits per heavy atom. The molecule has 0 aliphatic rings. The van der Waals surface area contributed by atoms with Gasteiger partial charge < -0.3 is 10.6 Å². The van der Waals surface area contributed by atoms with Crippen molar-refractivity contribution in [1.82, 2.24) is 9.80 Å². The van der Waals surface area contributed by atoms with Gasteiger partial charge in [-0.05, 0) is 26.9 Å². The van der Waals surface area contributed by atoms with Crippen LogP contribution in [-0.2, 0) is 0 Å². The minimum Gasteiger partial charge on any atom is -0.326 e. The zero-order valence-electron chi connectivity index (χ0n) is 12.0. The summed E-state index contributed by atoms with van der Waals surface area (Å²) in [6.45, 7) is 6.61. The first-order valence-corrected chi connectivity index (χ1v) is 6.26. The normalized spacial score (nSPS) is 16.7. The first-order valence-electron chi connectivity index (χ1n) is 6.26. The summed E-state index contributed by atoms with van der Waals surface area (Å²) in [5.74, 6) is 0.177. The van der Waals surface area contributed by atoms with Crippen LogP contribution < -0.4 is 5.73 Å². The molecule has 0 aromatic rings. The van der Waals surface area contributed by atoms with Gasteiger partial charge in [0.1, 0.15) is 6.04 Å². The number of rotatable bonds is 7. The highest BCUT2D eigenvalue weighted by atomic mass is 19.4. The Balaban J connectivity index is 4.87. The molecule has 18 heavy (non-hydrogen) atoms. The Morgan fingerprint density at radius 2 is 1.56 bits per heavy atom. The number of halogens is 3. The fourth-order valence-electron chi connectivity index (χ4n) is 1.98. The quantitative estimate of drug-likeness (QED) is 0.765. The lowest BCUT2D eigenvalue weighted by molar-refractivity contribution is -0.189. The highest BCUT2D eigenvalue weighted by molar-refractivity contribution is 4.86. The van der Waals surface area contributed by atoms with Gasteiger partial charge in [-0.15, -0.1) is 0 Å². The zero-order valence-corrected chi connectivity index (χ0v) is 12.0. The van der Waals surface area contributed by atoms with Gasteiger partial charge in [0.2, 0.25) is 0 Å². The molecule has 0 radical (unpaired) electrons. The summed E-state index contributed by atoms with van der Waals surface area (Å²) in [5.41, 5.74) is 5.53. The maximum absolute atomic E-state index is 13.1. The largest absolute Gasteiger partial charge is 0.405 e. The highest BCUT2D eigenvalue weighted by Crippen LogP contribution is 2.27. The van der Waals surface area contributed by atoms with Crippen molar-refractivity contribution >= 4 is 0 Å². The fraction of sp³-hybridized carbons (Fsp3) is 1.00. The summed E-state index contributed by atoms with van der Waals surface area (Å²) >= 11 is 0. The molecule has 0 aliphatic carbocycles. The van der Waals surface area contributed by atoms with Crippen LogP contribution in [0.15, 0.2) is 0 Å². The molecule has 2 N–H and O–H groups in total. The molecule has 0 aromatic carbocycles. The molecule has 0 rings (SSSR count). The summed E-state index contributed by atoms with van der Waals surface area (Å²) in [6, 6.07) is -2.49. The van der Waals surface area contributed by atoms with E-state index in [1.807, 2.05) is 32.8 Å². The predicted molar refractivity (Wildman–Crippen MR) is 68.5 cm³/mol. The third-order valence-electron chi connectivity index (χ3n) is 2.66. The van der Waals surface area contributed by atoms with Crippen molar-refractivity contribution in [3.63, 3.8) is 0 Å². The van der Waals surface area contributed by atoms with E-state index >= 15 is 0 Å². The van der Waals surface area contributed by atoms with Gasteiger partial charge in [-0.2, -0.15) is 13.2 Å². The molecule has 0 saturated carbocycles. The van der Waals surface area contributed by atoms with E-state index in [9.17, 15) is 13.2 Å². The second kappa shape index (κ2) is 7.31. The lowest BCUT2D eigenvalue weighted by Crippen LogP contribution is -2.57. The molecule has 0 heterocycles. The van der Waals surface area contributed by atoms with Crippen LogP contribution in [0, 0.1) is 5.92 Å². The van der Waals surface area contributed by atoms with Crippen molar-refractivity contribution in [1.29, 1.82) is 0 Å². The first-order chi connectivity index (χ1) is 8.05. The molecule has 110 valence electrons. The summed E-state index contributed by atoms with van der Waals surface area (Å²) in [6.07, 6.45) is -4.28. The van der Waals surface area contributed by atoms with Crippen LogP contribution in [0.25, 0.3) is 0 Å². The average molecular weight is 269 g/mol. The summed E-state index contributed by atoms with van der Waals surface area (Å²) in [4.78, 5) is 3.33. The maximum Gasteiger partial charge on any atom is 0.405 e. The van der Waals surface area contributed by atoms with E-state index < -0.39 is 18.3 Å². The van der Waals surface area contributed by atoms with Gasteiger partial charge in [-0.1, -0.05) is 13.8 Å². The Hall–Kier alpha value is -0.330. The monoisotopic (exact) mass is 269 g/mol. The maximum atomic E-state index is 13.1. The molecule has 3 nitrogen and oxygen atoms in total. The Kier molecular flexibility index (Phi) is 7.17. The third kappa shape index (κ3) is 6.56. The minimum absolute atomic E-state index is 0.177. The van der Waals surface area contributed by atoms with Crippen LogP contribution in [0.1, 0.15) is 20.8 Å². The van der Waals surface area contributed by atoms with Gasteiger partial charge >= 0.3 is 6.18 Å².